The second kappa shape index (κ2) is 8.15. The monoisotopic (exact) mass is 311 g/mol. The van der Waals surface area contributed by atoms with Crippen LogP contribution in [-0.2, 0) is 14.8 Å². The van der Waals surface area contributed by atoms with Gasteiger partial charge >= 0.3 is 0 Å². The molecule has 0 radical (unpaired) electrons. The Morgan fingerprint density at radius 1 is 1.43 bits per heavy atom. The molecule has 0 aromatic heterocycles. The molecule has 2 N–H and O–H groups in total. The fraction of sp³-hybridized carbons (Fsp3) is 0.467. The lowest BCUT2D eigenvalue weighted by molar-refractivity contribution is 0.122. The Morgan fingerprint density at radius 2 is 2.14 bits per heavy atom. The van der Waals surface area contributed by atoms with Crippen LogP contribution >= 0.6 is 0 Å². The highest BCUT2D eigenvalue weighted by Gasteiger charge is 2.17. The number of hydrogen-bond donors (Lipinski definition) is 2. The van der Waals surface area contributed by atoms with Crippen molar-refractivity contribution in [2.24, 2.45) is 0 Å². The Balaban J connectivity index is 3.00. The van der Waals surface area contributed by atoms with Crippen molar-refractivity contribution < 1.29 is 18.3 Å². The molecule has 1 rings (SSSR count). The standard InChI is InChI=1S/C15H21NO4S/c1-12-7-8-14(6-4-5-9-17)10-15(12)21(18,19)16-11-13(2)20-3/h7-8,10,13,16-17H,5,9,11H2,1-3H3. The molecule has 116 valence electrons. The second-order valence-corrected chi connectivity index (χ2v) is 6.39. The summed E-state index contributed by atoms with van der Waals surface area (Å²) < 4.78 is 32.1. The summed E-state index contributed by atoms with van der Waals surface area (Å²) in [6, 6.07) is 5.02. The molecule has 6 heteroatoms. The summed E-state index contributed by atoms with van der Waals surface area (Å²) in [5.74, 6) is 5.61. The molecule has 1 atom stereocenters. The maximum atomic E-state index is 12.3. The first-order valence-electron chi connectivity index (χ1n) is 6.63. The maximum absolute atomic E-state index is 12.3. The van der Waals surface area contributed by atoms with E-state index in [2.05, 4.69) is 16.6 Å². The van der Waals surface area contributed by atoms with Gasteiger partial charge in [0.25, 0.3) is 0 Å². The smallest absolute Gasteiger partial charge is 0.240 e. The van der Waals surface area contributed by atoms with Gasteiger partial charge in [-0.2, -0.15) is 0 Å². The maximum Gasteiger partial charge on any atom is 0.240 e. The molecule has 1 aromatic carbocycles. The fourth-order valence-electron chi connectivity index (χ4n) is 1.58. The fourth-order valence-corrected chi connectivity index (χ4v) is 2.96. The molecular weight excluding hydrogens is 290 g/mol. The SMILES string of the molecule is COC(C)CNS(=O)(=O)c1cc(C#CCCO)ccc1C. The van der Waals surface area contributed by atoms with E-state index in [9.17, 15) is 8.42 Å². The van der Waals surface area contributed by atoms with Gasteiger partial charge in [-0.1, -0.05) is 17.9 Å². The summed E-state index contributed by atoms with van der Waals surface area (Å²) in [6.07, 6.45) is 0.159. The number of aliphatic hydroxyl groups excluding tert-OH is 1. The van der Waals surface area contributed by atoms with Crippen molar-refractivity contribution in [1.29, 1.82) is 0 Å². The Labute approximate surface area is 126 Å². The second-order valence-electron chi connectivity index (χ2n) is 4.65. The van der Waals surface area contributed by atoms with Crippen LogP contribution in [-0.4, -0.2) is 39.9 Å². The number of hydrogen-bond acceptors (Lipinski definition) is 4. The zero-order valence-electron chi connectivity index (χ0n) is 12.5. The number of rotatable bonds is 6. The highest BCUT2D eigenvalue weighted by molar-refractivity contribution is 7.89. The van der Waals surface area contributed by atoms with E-state index in [1.165, 1.54) is 7.11 Å². The van der Waals surface area contributed by atoms with Crippen LogP contribution in [0, 0.1) is 18.8 Å². The van der Waals surface area contributed by atoms with E-state index in [0.717, 1.165) is 0 Å². The van der Waals surface area contributed by atoms with E-state index in [0.29, 0.717) is 17.5 Å². The quantitative estimate of drug-likeness (QED) is 0.770. The number of aliphatic hydroxyl groups is 1. The van der Waals surface area contributed by atoms with Gasteiger partial charge in [0.2, 0.25) is 10.0 Å². The first kappa shape index (κ1) is 17.7. The van der Waals surface area contributed by atoms with Gasteiger partial charge in [-0.3, -0.25) is 0 Å². The van der Waals surface area contributed by atoms with Crippen molar-refractivity contribution in [1.82, 2.24) is 4.72 Å². The summed E-state index contributed by atoms with van der Waals surface area (Å²) in [5.41, 5.74) is 1.26. The van der Waals surface area contributed by atoms with Gasteiger partial charge in [0.05, 0.1) is 17.6 Å². The third-order valence-electron chi connectivity index (χ3n) is 2.91. The molecule has 0 amide bonds. The zero-order valence-corrected chi connectivity index (χ0v) is 13.3. The van der Waals surface area contributed by atoms with Crippen LogP contribution in [0.2, 0.25) is 0 Å². The average molecular weight is 311 g/mol. The van der Waals surface area contributed by atoms with Gasteiger partial charge in [0.1, 0.15) is 0 Å². The van der Waals surface area contributed by atoms with E-state index in [-0.39, 0.29) is 24.2 Å². The van der Waals surface area contributed by atoms with Crippen molar-refractivity contribution in [3.8, 4) is 11.8 Å². The Bertz CT molecular complexity index is 629. The van der Waals surface area contributed by atoms with Crippen molar-refractivity contribution >= 4 is 10.0 Å². The molecule has 0 saturated carbocycles. The lowest BCUT2D eigenvalue weighted by Gasteiger charge is -2.13. The first-order chi connectivity index (χ1) is 9.90. The minimum atomic E-state index is -3.60. The van der Waals surface area contributed by atoms with E-state index in [1.54, 1.807) is 32.0 Å². The van der Waals surface area contributed by atoms with Gasteiger partial charge < -0.3 is 9.84 Å². The van der Waals surface area contributed by atoms with E-state index in [1.807, 2.05) is 0 Å². The molecule has 1 aromatic rings. The van der Waals surface area contributed by atoms with E-state index < -0.39 is 10.0 Å². The lowest BCUT2D eigenvalue weighted by Crippen LogP contribution is -2.32. The molecule has 0 saturated heterocycles. The molecule has 0 heterocycles. The molecule has 21 heavy (non-hydrogen) atoms. The Kier molecular flexibility index (Phi) is 6.85. The van der Waals surface area contributed by atoms with Crippen LogP contribution in [0.5, 0.6) is 0 Å². The average Bonchev–Trinajstić information content (AvgIpc) is 2.46. The minimum absolute atomic E-state index is 0.0134. The van der Waals surface area contributed by atoms with Crippen LogP contribution in [0.1, 0.15) is 24.5 Å². The van der Waals surface area contributed by atoms with Crippen LogP contribution in [0.3, 0.4) is 0 Å². The summed E-state index contributed by atoms with van der Waals surface area (Å²) in [7, 11) is -2.07. The van der Waals surface area contributed by atoms with Crippen molar-refractivity contribution in [3.63, 3.8) is 0 Å². The third kappa shape index (κ3) is 5.48. The van der Waals surface area contributed by atoms with Crippen molar-refractivity contribution in [2.45, 2.75) is 31.3 Å². The highest BCUT2D eigenvalue weighted by Crippen LogP contribution is 2.16. The third-order valence-corrected chi connectivity index (χ3v) is 4.48. The molecule has 0 bridgehead atoms. The van der Waals surface area contributed by atoms with Crippen LogP contribution in [0.4, 0.5) is 0 Å². The molecule has 0 fully saturated rings. The molecule has 1 unspecified atom stereocenters. The van der Waals surface area contributed by atoms with Crippen molar-refractivity contribution in [3.05, 3.63) is 29.3 Å². The zero-order chi connectivity index (χ0) is 15.9. The van der Waals surface area contributed by atoms with E-state index in [4.69, 9.17) is 9.84 Å². The number of benzene rings is 1. The predicted molar refractivity (Wildman–Crippen MR) is 81.4 cm³/mol. The number of sulfonamides is 1. The topological polar surface area (TPSA) is 75.6 Å². The molecule has 0 spiro atoms. The van der Waals surface area contributed by atoms with Crippen LogP contribution < -0.4 is 4.72 Å². The molecule has 5 nitrogen and oxygen atoms in total. The normalized spacial score (nSPS) is 12.6. The highest BCUT2D eigenvalue weighted by atomic mass is 32.2. The summed E-state index contributed by atoms with van der Waals surface area (Å²) in [4.78, 5) is 0.210. The molecular formula is C15H21NO4S. The predicted octanol–water partition coefficient (Wildman–Crippen LogP) is 1.04. The summed E-state index contributed by atoms with van der Waals surface area (Å²) in [5, 5.41) is 8.70. The van der Waals surface area contributed by atoms with Gasteiger partial charge in [0.15, 0.2) is 0 Å². The van der Waals surface area contributed by atoms with Crippen LogP contribution in [0.25, 0.3) is 0 Å². The number of nitrogens with one attached hydrogen (secondary N) is 1. The lowest BCUT2D eigenvalue weighted by atomic mass is 10.1. The van der Waals surface area contributed by atoms with Gasteiger partial charge in [-0.15, -0.1) is 0 Å². The number of methoxy groups -OCH3 is 1. The minimum Gasteiger partial charge on any atom is -0.395 e. The molecule has 0 aliphatic rings. The summed E-state index contributed by atoms with van der Waals surface area (Å²) >= 11 is 0. The van der Waals surface area contributed by atoms with Gasteiger partial charge in [-0.05, 0) is 31.5 Å². The van der Waals surface area contributed by atoms with Gasteiger partial charge in [-0.25, -0.2) is 13.1 Å². The van der Waals surface area contributed by atoms with Crippen molar-refractivity contribution in [2.75, 3.05) is 20.3 Å². The number of ether oxygens (including phenoxy) is 1. The van der Waals surface area contributed by atoms with Gasteiger partial charge in [0, 0.05) is 25.6 Å². The largest absolute Gasteiger partial charge is 0.395 e. The van der Waals surface area contributed by atoms with E-state index >= 15 is 0 Å². The Morgan fingerprint density at radius 3 is 2.76 bits per heavy atom. The molecule has 0 aliphatic heterocycles. The Hall–Kier alpha value is -1.39. The summed E-state index contributed by atoms with van der Waals surface area (Å²) in [6.45, 7) is 3.71. The molecule has 0 aliphatic carbocycles. The number of aryl methyl sites for hydroxylation is 1. The first-order valence-corrected chi connectivity index (χ1v) is 8.12. The van der Waals surface area contributed by atoms with Crippen LogP contribution in [0.15, 0.2) is 23.1 Å².